The predicted octanol–water partition coefficient (Wildman–Crippen LogP) is 2.26. The number of carbonyl (C=O) groups excluding carboxylic acids is 2. The second-order valence-corrected chi connectivity index (χ2v) is 5.75. The minimum atomic E-state index is -0.586. The van der Waals surface area contributed by atoms with Crippen molar-refractivity contribution < 1.29 is 14.5 Å². The summed E-state index contributed by atoms with van der Waals surface area (Å²) in [6.45, 7) is 4.71. The van der Waals surface area contributed by atoms with E-state index in [4.69, 9.17) is 0 Å². The van der Waals surface area contributed by atoms with Gasteiger partial charge in [0.1, 0.15) is 5.56 Å². The van der Waals surface area contributed by atoms with Crippen LogP contribution in [0.25, 0.3) is 0 Å². The third-order valence-electron chi connectivity index (χ3n) is 3.47. The van der Waals surface area contributed by atoms with Crippen molar-refractivity contribution in [1.29, 1.82) is 0 Å². The number of nitro groups is 1. The summed E-state index contributed by atoms with van der Waals surface area (Å²) < 4.78 is 0. The van der Waals surface area contributed by atoms with E-state index >= 15 is 0 Å². The molecule has 0 aromatic heterocycles. The lowest BCUT2D eigenvalue weighted by molar-refractivity contribution is -0.385. The number of nitro benzene ring substituents is 1. The monoisotopic (exact) mass is 339 g/mol. The molecule has 23 heavy (non-hydrogen) atoms. The number of carbonyl (C=O) groups is 2. The molecule has 0 bridgehead atoms. The fourth-order valence-electron chi connectivity index (χ4n) is 2.13. The highest BCUT2D eigenvalue weighted by Gasteiger charge is 2.25. The molecule has 0 aliphatic heterocycles. The highest BCUT2D eigenvalue weighted by molar-refractivity contribution is 7.98. The van der Waals surface area contributed by atoms with Gasteiger partial charge in [-0.3, -0.25) is 19.7 Å². The first-order valence-corrected chi connectivity index (χ1v) is 8.43. The van der Waals surface area contributed by atoms with Gasteiger partial charge in [0.15, 0.2) is 0 Å². The molecule has 0 heterocycles. The molecular formula is C15H21N3O4S. The first-order chi connectivity index (χ1) is 10.8. The minimum absolute atomic E-state index is 0.00306. The van der Waals surface area contributed by atoms with Crippen LogP contribution in [-0.2, 0) is 4.79 Å². The number of likely N-dealkylation sites (N-methyl/N-ethyl adjacent to an activating group) is 2. The molecular weight excluding hydrogens is 318 g/mol. The Morgan fingerprint density at radius 3 is 2.35 bits per heavy atom. The zero-order chi connectivity index (χ0) is 17.6. The molecule has 0 unspecified atom stereocenters. The van der Waals surface area contributed by atoms with E-state index in [9.17, 15) is 19.7 Å². The number of nitrogens with zero attached hydrogens (tertiary/aromatic N) is 3. The van der Waals surface area contributed by atoms with Gasteiger partial charge in [-0.25, -0.2) is 0 Å². The average Bonchev–Trinajstić information content (AvgIpc) is 2.54. The number of thioether (sulfide) groups is 1. The molecule has 0 saturated carbocycles. The molecule has 0 spiro atoms. The Bertz CT molecular complexity index is 602. The highest BCUT2D eigenvalue weighted by atomic mass is 32.2. The average molecular weight is 339 g/mol. The minimum Gasteiger partial charge on any atom is -0.342 e. The van der Waals surface area contributed by atoms with E-state index in [1.807, 2.05) is 20.1 Å². The van der Waals surface area contributed by atoms with E-state index in [0.29, 0.717) is 13.1 Å². The largest absolute Gasteiger partial charge is 0.342 e. The Morgan fingerprint density at radius 1 is 1.26 bits per heavy atom. The third-order valence-corrected chi connectivity index (χ3v) is 4.19. The van der Waals surface area contributed by atoms with Crippen molar-refractivity contribution in [1.82, 2.24) is 9.80 Å². The van der Waals surface area contributed by atoms with Crippen molar-refractivity contribution in [2.24, 2.45) is 0 Å². The van der Waals surface area contributed by atoms with Crippen molar-refractivity contribution in [3.8, 4) is 0 Å². The maximum atomic E-state index is 12.5. The number of amides is 2. The van der Waals surface area contributed by atoms with Gasteiger partial charge in [0.25, 0.3) is 11.6 Å². The zero-order valence-electron chi connectivity index (χ0n) is 13.7. The van der Waals surface area contributed by atoms with Crippen molar-refractivity contribution in [3.63, 3.8) is 0 Å². The molecule has 0 N–H and O–H groups in total. The highest BCUT2D eigenvalue weighted by Crippen LogP contribution is 2.25. The van der Waals surface area contributed by atoms with Crippen molar-refractivity contribution >= 4 is 29.3 Å². The molecule has 0 aliphatic carbocycles. The van der Waals surface area contributed by atoms with Gasteiger partial charge in [0.05, 0.1) is 11.5 Å². The van der Waals surface area contributed by atoms with Crippen LogP contribution in [0.1, 0.15) is 24.2 Å². The maximum absolute atomic E-state index is 12.5. The van der Waals surface area contributed by atoms with Crippen LogP contribution in [0, 0.1) is 10.1 Å². The van der Waals surface area contributed by atoms with Crippen molar-refractivity contribution in [2.75, 3.05) is 32.9 Å². The summed E-state index contributed by atoms with van der Waals surface area (Å²) in [4.78, 5) is 38.7. The molecule has 7 nitrogen and oxygen atoms in total. The second kappa shape index (κ2) is 8.52. The van der Waals surface area contributed by atoms with Crippen LogP contribution in [0.5, 0.6) is 0 Å². The third kappa shape index (κ3) is 4.69. The van der Waals surface area contributed by atoms with Crippen LogP contribution in [0.3, 0.4) is 0 Å². The van der Waals surface area contributed by atoms with Gasteiger partial charge in [-0.05, 0) is 32.2 Å². The number of benzene rings is 1. The van der Waals surface area contributed by atoms with Crippen LogP contribution in [0.2, 0.25) is 0 Å². The summed E-state index contributed by atoms with van der Waals surface area (Å²) in [6, 6.07) is 4.41. The van der Waals surface area contributed by atoms with Gasteiger partial charge < -0.3 is 9.80 Å². The van der Waals surface area contributed by atoms with Gasteiger partial charge in [-0.2, -0.15) is 0 Å². The number of rotatable bonds is 7. The van der Waals surface area contributed by atoms with Crippen LogP contribution in [0.15, 0.2) is 23.1 Å². The topological polar surface area (TPSA) is 83.8 Å². The van der Waals surface area contributed by atoms with Gasteiger partial charge in [0.2, 0.25) is 5.91 Å². The molecule has 0 fully saturated rings. The van der Waals surface area contributed by atoms with E-state index in [1.54, 1.807) is 11.0 Å². The standard InChI is InChI=1S/C15H21N3O4S/c1-5-17(6-2)14(19)10-16(3)15(20)12-9-11(23-4)7-8-13(12)18(21)22/h7-9H,5-6,10H2,1-4H3. The molecule has 1 rings (SSSR count). The molecule has 126 valence electrons. The van der Waals surface area contributed by atoms with E-state index in [2.05, 4.69) is 0 Å². The fourth-order valence-corrected chi connectivity index (χ4v) is 2.57. The predicted molar refractivity (Wildman–Crippen MR) is 89.8 cm³/mol. The normalized spacial score (nSPS) is 10.3. The van der Waals surface area contributed by atoms with Gasteiger partial charge >= 0.3 is 0 Å². The summed E-state index contributed by atoms with van der Waals surface area (Å²) in [5.41, 5.74) is -0.258. The van der Waals surface area contributed by atoms with E-state index < -0.39 is 10.8 Å². The maximum Gasteiger partial charge on any atom is 0.282 e. The summed E-state index contributed by atoms with van der Waals surface area (Å²) in [5, 5.41) is 11.1. The molecule has 8 heteroatoms. The zero-order valence-corrected chi connectivity index (χ0v) is 14.6. The van der Waals surface area contributed by atoms with E-state index in [1.165, 1.54) is 35.8 Å². The summed E-state index contributed by atoms with van der Waals surface area (Å²) in [7, 11) is 1.47. The summed E-state index contributed by atoms with van der Waals surface area (Å²) in [5.74, 6) is -0.720. The summed E-state index contributed by atoms with van der Waals surface area (Å²) in [6.07, 6.45) is 1.82. The molecule has 0 aliphatic rings. The first kappa shape index (κ1) is 19.0. The summed E-state index contributed by atoms with van der Waals surface area (Å²) >= 11 is 1.39. The lowest BCUT2D eigenvalue weighted by Crippen LogP contribution is -2.41. The molecule has 0 atom stereocenters. The number of hydrogen-bond acceptors (Lipinski definition) is 5. The molecule has 1 aromatic carbocycles. The second-order valence-electron chi connectivity index (χ2n) is 4.87. The van der Waals surface area contributed by atoms with Crippen molar-refractivity contribution in [3.05, 3.63) is 33.9 Å². The molecule has 0 radical (unpaired) electrons. The van der Waals surface area contributed by atoms with Gasteiger partial charge in [-0.15, -0.1) is 11.8 Å². The number of hydrogen-bond donors (Lipinski definition) is 0. The lowest BCUT2D eigenvalue weighted by atomic mass is 10.1. The Balaban J connectivity index is 3.03. The first-order valence-electron chi connectivity index (χ1n) is 7.21. The van der Waals surface area contributed by atoms with E-state index in [0.717, 1.165) is 4.90 Å². The van der Waals surface area contributed by atoms with Crippen molar-refractivity contribution in [2.45, 2.75) is 18.7 Å². The van der Waals surface area contributed by atoms with Crippen LogP contribution in [-0.4, -0.2) is 59.5 Å². The lowest BCUT2D eigenvalue weighted by Gasteiger charge is -2.23. The Kier molecular flexibility index (Phi) is 7.02. The van der Waals surface area contributed by atoms with Crippen LogP contribution < -0.4 is 0 Å². The SMILES string of the molecule is CCN(CC)C(=O)CN(C)C(=O)c1cc(SC)ccc1[N+](=O)[O-]. The quantitative estimate of drug-likeness (QED) is 0.432. The fraction of sp³-hybridized carbons (Fsp3) is 0.467. The van der Waals surface area contributed by atoms with Crippen LogP contribution in [0.4, 0.5) is 5.69 Å². The Morgan fingerprint density at radius 2 is 1.87 bits per heavy atom. The Hall–Kier alpha value is -2.09. The molecule has 2 amide bonds. The van der Waals surface area contributed by atoms with Crippen LogP contribution >= 0.6 is 11.8 Å². The van der Waals surface area contributed by atoms with Gasteiger partial charge in [-0.1, -0.05) is 0 Å². The van der Waals surface area contributed by atoms with Gasteiger partial charge in [0, 0.05) is 31.1 Å². The molecule has 0 saturated heterocycles. The molecule has 1 aromatic rings. The van der Waals surface area contributed by atoms with E-state index in [-0.39, 0.29) is 23.7 Å². The Labute approximate surface area is 139 Å². The smallest absolute Gasteiger partial charge is 0.282 e.